The van der Waals surface area contributed by atoms with Crippen molar-refractivity contribution in [1.82, 2.24) is 10.7 Å². The highest BCUT2D eigenvalue weighted by Gasteiger charge is 2.36. The second-order valence-electron chi connectivity index (χ2n) is 4.97. The van der Waals surface area contributed by atoms with Crippen LogP contribution in [0, 0.1) is 5.92 Å². The summed E-state index contributed by atoms with van der Waals surface area (Å²) in [7, 11) is 3.29. The van der Waals surface area contributed by atoms with Crippen molar-refractivity contribution in [3.05, 3.63) is 22.2 Å². The number of halogens is 1. The van der Waals surface area contributed by atoms with E-state index in [0.717, 1.165) is 41.0 Å². The topological polar surface area (TPSA) is 54.9 Å². The van der Waals surface area contributed by atoms with Crippen LogP contribution in [-0.2, 0) is 0 Å². The number of fused-ring (bicyclic) bond motifs is 1. The van der Waals surface area contributed by atoms with Crippen LogP contribution in [0.25, 0.3) is 0 Å². The predicted octanol–water partition coefficient (Wildman–Crippen LogP) is 2.08. The molecule has 0 aliphatic carbocycles. The predicted molar refractivity (Wildman–Crippen MR) is 81.5 cm³/mol. The second kappa shape index (κ2) is 5.61. The maximum atomic E-state index is 5.45. The van der Waals surface area contributed by atoms with Crippen LogP contribution < -0.4 is 20.2 Å². The summed E-state index contributed by atoms with van der Waals surface area (Å²) in [4.78, 5) is 0. The van der Waals surface area contributed by atoms with Gasteiger partial charge in [-0.25, -0.2) is 0 Å². The molecule has 0 saturated carbocycles. The van der Waals surface area contributed by atoms with Gasteiger partial charge in [0.1, 0.15) is 0 Å². The molecule has 2 aliphatic heterocycles. The average molecular weight is 340 g/mol. The van der Waals surface area contributed by atoms with Gasteiger partial charge in [0.25, 0.3) is 0 Å². The minimum absolute atomic E-state index is 0.173. The molecule has 1 fully saturated rings. The minimum atomic E-state index is 0.173. The van der Waals surface area contributed by atoms with E-state index in [0.29, 0.717) is 5.92 Å². The zero-order valence-electron chi connectivity index (χ0n) is 11.6. The Morgan fingerprint density at radius 2 is 2.15 bits per heavy atom. The van der Waals surface area contributed by atoms with Crippen molar-refractivity contribution >= 4 is 21.6 Å². The largest absolute Gasteiger partial charge is 0.493 e. The lowest BCUT2D eigenvalue weighted by molar-refractivity contribution is 0.351. The summed E-state index contributed by atoms with van der Waals surface area (Å²) < 4.78 is 11.7. The van der Waals surface area contributed by atoms with Gasteiger partial charge in [-0.1, -0.05) is 6.07 Å². The van der Waals surface area contributed by atoms with Crippen molar-refractivity contribution in [2.75, 3.05) is 27.3 Å². The van der Waals surface area contributed by atoms with E-state index in [1.807, 2.05) is 6.07 Å². The Balaban J connectivity index is 1.95. The van der Waals surface area contributed by atoms with E-state index >= 15 is 0 Å². The number of benzene rings is 1. The molecule has 108 valence electrons. The maximum absolute atomic E-state index is 5.45. The number of hydrazone groups is 1. The lowest BCUT2D eigenvalue weighted by Crippen LogP contribution is -2.38. The Morgan fingerprint density at radius 1 is 1.30 bits per heavy atom. The molecule has 1 aromatic carbocycles. The van der Waals surface area contributed by atoms with E-state index < -0.39 is 0 Å². The molecular weight excluding hydrogens is 322 g/mol. The van der Waals surface area contributed by atoms with Gasteiger partial charge in [0.05, 0.1) is 24.7 Å². The van der Waals surface area contributed by atoms with Crippen LogP contribution in [-0.4, -0.2) is 33.0 Å². The van der Waals surface area contributed by atoms with E-state index in [1.54, 1.807) is 14.2 Å². The normalized spacial score (nSPS) is 24.6. The fourth-order valence-corrected chi connectivity index (χ4v) is 3.64. The smallest absolute Gasteiger partial charge is 0.175 e. The molecular formula is C14H18BrN3O2. The van der Waals surface area contributed by atoms with Gasteiger partial charge in [-0.3, -0.25) is 0 Å². The molecule has 2 aliphatic rings. The first-order chi connectivity index (χ1) is 9.76. The minimum Gasteiger partial charge on any atom is -0.493 e. The zero-order valence-corrected chi connectivity index (χ0v) is 13.2. The van der Waals surface area contributed by atoms with E-state index in [4.69, 9.17) is 9.47 Å². The molecule has 0 bridgehead atoms. The van der Waals surface area contributed by atoms with Crippen LogP contribution in [0.3, 0.4) is 0 Å². The van der Waals surface area contributed by atoms with E-state index in [9.17, 15) is 0 Å². The lowest BCUT2D eigenvalue weighted by Gasteiger charge is -2.26. The Bertz CT molecular complexity index is 547. The summed E-state index contributed by atoms with van der Waals surface area (Å²) >= 11 is 3.64. The van der Waals surface area contributed by atoms with Gasteiger partial charge >= 0.3 is 0 Å². The summed E-state index contributed by atoms with van der Waals surface area (Å²) in [5.41, 5.74) is 5.67. The van der Waals surface area contributed by atoms with E-state index in [1.165, 1.54) is 5.71 Å². The van der Waals surface area contributed by atoms with Crippen LogP contribution in [0.5, 0.6) is 11.5 Å². The highest BCUT2D eigenvalue weighted by molar-refractivity contribution is 9.10. The third-order valence-corrected chi connectivity index (χ3v) is 4.77. The Morgan fingerprint density at radius 3 is 2.90 bits per heavy atom. The summed E-state index contributed by atoms with van der Waals surface area (Å²) in [6.07, 6.45) is 1.01. The Kier molecular flexibility index (Phi) is 3.85. The number of ether oxygens (including phenoxy) is 2. The maximum Gasteiger partial charge on any atom is 0.175 e. The third kappa shape index (κ3) is 2.16. The van der Waals surface area contributed by atoms with Crippen LogP contribution in [0.15, 0.2) is 21.7 Å². The first kappa shape index (κ1) is 13.7. The van der Waals surface area contributed by atoms with E-state index in [-0.39, 0.29) is 6.04 Å². The van der Waals surface area contributed by atoms with Crippen molar-refractivity contribution in [3.63, 3.8) is 0 Å². The second-order valence-corrected chi connectivity index (χ2v) is 5.77. The molecule has 3 rings (SSSR count). The Labute approximate surface area is 126 Å². The summed E-state index contributed by atoms with van der Waals surface area (Å²) in [6, 6.07) is 4.18. The number of piperidine rings is 1. The lowest BCUT2D eigenvalue weighted by atomic mass is 9.87. The molecule has 2 N–H and O–H groups in total. The number of nitrogens with zero attached hydrogens (tertiary/aromatic N) is 1. The molecule has 1 saturated heterocycles. The van der Waals surface area contributed by atoms with Crippen molar-refractivity contribution in [2.45, 2.75) is 12.5 Å². The van der Waals surface area contributed by atoms with E-state index in [2.05, 4.69) is 37.8 Å². The molecule has 6 heteroatoms. The SMILES string of the molecule is COc1ccc(C2NN=C3CCNCC32)c(Br)c1OC. The van der Waals surface area contributed by atoms with Crippen molar-refractivity contribution in [2.24, 2.45) is 11.0 Å². The van der Waals surface area contributed by atoms with Gasteiger partial charge in [-0.05, 0) is 27.6 Å². The molecule has 2 unspecified atom stereocenters. The van der Waals surface area contributed by atoms with Gasteiger partial charge < -0.3 is 20.2 Å². The fourth-order valence-electron chi connectivity index (χ4n) is 2.90. The van der Waals surface area contributed by atoms with Crippen LogP contribution in [0.1, 0.15) is 18.0 Å². The summed E-state index contributed by atoms with van der Waals surface area (Å²) in [5.74, 6) is 1.85. The number of methoxy groups -OCH3 is 2. The van der Waals surface area contributed by atoms with Crippen LogP contribution in [0.2, 0.25) is 0 Å². The third-order valence-electron chi connectivity index (χ3n) is 3.95. The highest BCUT2D eigenvalue weighted by atomic mass is 79.9. The molecule has 2 heterocycles. The fraction of sp³-hybridized carbons (Fsp3) is 0.500. The molecule has 1 aromatic rings. The summed E-state index contributed by atoms with van der Waals surface area (Å²) in [6.45, 7) is 1.97. The van der Waals surface area contributed by atoms with Gasteiger partial charge in [0.15, 0.2) is 11.5 Å². The first-order valence-electron chi connectivity index (χ1n) is 6.69. The molecule has 20 heavy (non-hydrogen) atoms. The number of hydrogen-bond donors (Lipinski definition) is 2. The van der Waals surface area contributed by atoms with Gasteiger partial charge in [-0.15, -0.1) is 0 Å². The molecule has 0 aromatic heterocycles. The molecule has 5 nitrogen and oxygen atoms in total. The monoisotopic (exact) mass is 339 g/mol. The molecule has 0 amide bonds. The quantitative estimate of drug-likeness (QED) is 0.885. The molecule has 0 spiro atoms. The number of hydrogen-bond acceptors (Lipinski definition) is 5. The first-order valence-corrected chi connectivity index (χ1v) is 7.48. The van der Waals surface area contributed by atoms with Gasteiger partial charge in [-0.2, -0.15) is 5.10 Å². The van der Waals surface area contributed by atoms with Crippen LogP contribution in [0.4, 0.5) is 0 Å². The van der Waals surface area contributed by atoms with Gasteiger partial charge in [0.2, 0.25) is 0 Å². The van der Waals surface area contributed by atoms with Gasteiger partial charge in [0, 0.05) is 31.1 Å². The van der Waals surface area contributed by atoms with Crippen molar-refractivity contribution < 1.29 is 9.47 Å². The van der Waals surface area contributed by atoms with Crippen LogP contribution >= 0.6 is 15.9 Å². The standard InChI is InChI=1S/C14H18BrN3O2/c1-19-11-4-3-8(12(15)14(11)20-2)13-9-7-16-6-5-10(9)17-18-13/h3-4,9,13,16,18H,5-7H2,1-2H3. The Hall–Kier alpha value is -1.27. The highest BCUT2D eigenvalue weighted by Crippen LogP contribution is 2.42. The zero-order chi connectivity index (χ0) is 14.1. The number of rotatable bonds is 3. The molecule has 0 radical (unpaired) electrons. The average Bonchev–Trinajstić information content (AvgIpc) is 2.90. The van der Waals surface area contributed by atoms with Crippen molar-refractivity contribution in [1.29, 1.82) is 0 Å². The van der Waals surface area contributed by atoms with Crippen molar-refractivity contribution in [3.8, 4) is 11.5 Å². The molecule has 2 atom stereocenters. The summed E-state index contributed by atoms with van der Waals surface area (Å²) in [5, 5.41) is 7.92. The number of nitrogens with one attached hydrogen (secondary N) is 2.